The van der Waals surface area contributed by atoms with Gasteiger partial charge in [-0.1, -0.05) is 42.1 Å². The summed E-state index contributed by atoms with van der Waals surface area (Å²) in [5, 5.41) is 14.0. The fourth-order valence-electron chi connectivity index (χ4n) is 3.03. The van der Waals surface area contributed by atoms with Crippen LogP contribution in [0.25, 0.3) is 0 Å². The van der Waals surface area contributed by atoms with Gasteiger partial charge < -0.3 is 10.1 Å². The molecule has 3 aromatic rings. The summed E-state index contributed by atoms with van der Waals surface area (Å²) in [5.74, 6) is 0.931. The molecule has 9 heteroatoms. The molecule has 1 aromatic heterocycles. The topological polar surface area (TPSA) is 98.1 Å². The molecule has 1 heterocycles. The Morgan fingerprint density at radius 1 is 1.15 bits per heavy atom. The van der Waals surface area contributed by atoms with E-state index in [-0.39, 0.29) is 12.4 Å². The van der Waals surface area contributed by atoms with Crippen molar-refractivity contribution in [3.8, 4) is 5.75 Å². The lowest BCUT2D eigenvalue weighted by atomic mass is 10.1. The Labute approximate surface area is 197 Å². The number of nitrogens with one attached hydrogen (secondary N) is 2. The van der Waals surface area contributed by atoms with E-state index < -0.39 is 11.9 Å². The Morgan fingerprint density at radius 2 is 1.94 bits per heavy atom. The molecule has 3 rings (SSSR count). The average molecular weight is 466 g/mol. The predicted molar refractivity (Wildman–Crippen MR) is 130 cm³/mol. The number of carbonyl (C=O) groups excluding carboxylic acids is 2. The number of nitrogens with zero attached hydrogens (tertiary/aromatic N) is 3. The quantitative estimate of drug-likeness (QED) is 0.359. The van der Waals surface area contributed by atoms with Crippen LogP contribution in [-0.4, -0.2) is 32.5 Å². The van der Waals surface area contributed by atoms with Gasteiger partial charge in [-0.05, 0) is 55.7 Å². The zero-order valence-corrected chi connectivity index (χ0v) is 19.7. The molecule has 0 aliphatic heterocycles. The van der Waals surface area contributed by atoms with E-state index in [1.807, 2.05) is 61.7 Å². The predicted octanol–water partition coefficient (Wildman–Crippen LogP) is 4.41. The second-order valence-electron chi connectivity index (χ2n) is 7.44. The van der Waals surface area contributed by atoms with Crippen LogP contribution in [0.1, 0.15) is 22.5 Å². The number of carbonyl (C=O) groups is 2. The van der Waals surface area contributed by atoms with E-state index in [1.54, 1.807) is 12.1 Å². The molecule has 0 atom stereocenters. The molecule has 8 nitrogen and oxygen atoms in total. The molecule has 0 saturated carbocycles. The van der Waals surface area contributed by atoms with Crippen LogP contribution in [0.4, 0.5) is 10.5 Å². The van der Waals surface area contributed by atoms with Crippen LogP contribution in [0.2, 0.25) is 0 Å². The van der Waals surface area contributed by atoms with Crippen LogP contribution in [0.3, 0.4) is 0 Å². The first-order valence-electron chi connectivity index (χ1n) is 10.4. The minimum Gasteiger partial charge on any atom is -0.486 e. The van der Waals surface area contributed by atoms with E-state index in [0.717, 1.165) is 22.4 Å². The zero-order chi connectivity index (χ0) is 23.8. The van der Waals surface area contributed by atoms with Gasteiger partial charge in [0.1, 0.15) is 12.4 Å². The Bertz CT molecular complexity index is 1160. The minimum atomic E-state index is -0.575. The molecular formula is C24H27N5O3S. The van der Waals surface area contributed by atoms with Crippen molar-refractivity contribution in [2.45, 2.75) is 39.1 Å². The summed E-state index contributed by atoms with van der Waals surface area (Å²) in [7, 11) is 0. The maximum Gasteiger partial charge on any atom is 0.325 e. The maximum atomic E-state index is 12.3. The number of imide groups is 1. The van der Waals surface area contributed by atoms with E-state index in [2.05, 4.69) is 27.4 Å². The van der Waals surface area contributed by atoms with Crippen LogP contribution in [0.5, 0.6) is 5.75 Å². The minimum absolute atomic E-state index is 0.00817. The maximum absolute atomic E-state index is 12.3. The van der Waals surface area contributed by atoms with E-state index in [1.165, 1.54) is 11.8 Å². The van der Waals surface area contributed by atoms with Gasteiger partial charge in [0, 0.05) is 12.2 Å². The molecule has 0 radical (unpaired) electrons. The van der Waals surface area contributed by atoms with Gasteiger partial charge in [-0.25, -0.2) is 4.79 Å². The van der Waals surface area contributed by atoms with Gasteiger partial charge in [0.2, 0.25) is 5.91 Å². The molecule has 33 heavy (non-hydrogen) atoms. The molecule has 0 saturated heterocycles. The number of rotatable bonds is 9. The number of urea groups is 1. The molecule has 0 fully saturated rings. The largest absolute Gasteiger partial charge is 0.486 e. The fraction of sp³-hybridized carbons (Fsp3) is 0.250. The summed E-state index contributed by atoms with van der Waals surface area (Å²) in [6.45, 7) is 10.3. The van der Waals surface area contributed by atoms with Crippen molar-refractivity contribution in [3.63, 3.8) is 0 Å². The average Bonchev–Trinajstić information content (AvgIpc) is 3.16. The molecule has 0 aliphatic rings. The zero-order valence-electron chi connectivity index (χ0n) is 18.9. The lowest BCUT2D eigenvalue weighted by molar-refractivity contribution is -0.117. The number of hydrogen-bond donors (Lipinski definition) is 2. The van der Waals surface area contributed by atoms with Gasteiger partial charge in [0.15, 0.2) is 11.0 Å². The highest BCUT2D eigenvalue weighted by molar-refractivity contribution is 7.99. The van der Waals surface area contributed by atoms with E-state index in [0.29, 0.717) is 23.2 Å². The number of amides is 3. The molecule has 0 bridgehead atoms. The summed E-state index contributed by atoms with van der Waals surface area (Å²) >= 11 is 1.19. The summed E-state index contributed by atoms with van der Waals surface area (Å²) in [6.07, 6.45) is 1.72. The Hall–Kier alpha value is -3.59. The van der Waals surface area contributed by atoms with Gasteiger partial charge in [-0.2, -0.15) is 0 Å². The number of allylic oxidation sites excluding steroid dienone is 1. The van der Waals surface area contributed by atoms with Crippen molar-refractivity contribution >= 4 is 29.4 Å². The molecule has 0 aliphatic carbocycles. The van der Waals surface area contributed by atoms with Gasteiger partial charge >= 0.3 is 6.03 Å². The van der Waals surface area contributed by atoms with E-state index in [9.17, 15) is 9.59 Å². The third kappa shape index (κ3) is 6.69. The Morgan fingerprint density at radius 3 is 2.70 bits per heavy atom. The van der Waals surface area contributed by atoms with Crippen molar-refractivity contribution in [2.75, 3.05) is 11.1 Å². The lowest BCUT2D eigenvalue weighted by Crippen LogP contribution is -2.35. The highest BCUT2D eigenvalue weighted by atomic mass is 32.2. The summed E-state index contributed by atoms with van der Waals surface area (Å²) in [4.78, 5) is 24.5. The number of aryl methyl sites for hydroxylation is 2. The molecule has 2 aromatic carbocycles. The second-order valence-corrected chi connectivity index (χ2v) is 8.38. The fourth-order valence-corrected chi connectivity index (χ4v) is 3.80. The number of aromatic nitrogens is 3. The SMILES string of the molecule is C=CCn1c(COc2cccc(C)c2)nnc1SCC(=O)NC(=O)Nc1cccc(C)c1C. The van der Waals surface area contributed by atoms with Crippen LogP contribution in [-0.2, 0) is 17.9 Å². The smallest absolute Gasteiger partial charge is 0.325 e. The van der Waals surface area contributed by atoms with Gasteiger partial charge in [-0.15, -0.1) is 16.8 Å². The van der Waals surface area contributed by atoms with Crippen molar-refractivity contribution in [1.29, 1.82) is 0 Å². The van der Waals surface area contributed by atoms with Crippen LogP contribution in [0.15, 0.2) is 60.3 Å². The molecule has 0 unspecified atom stereocenters. The lowest BCUT2D eigenvalue weighted by Gasteiger charge is -2.11. The highest BCUT2D eigenvalue weighted by Gasteiger charge is 2.16. The number of ether oxygens (including phenoxy) is 1. The molecular weight excluding hydrogens is 438 g/mol. The molecule has 2 N–H and O–H groups in total. The number of anilines is 1. The standard InChI is InChI=1S/C24H27N5O3S/c1-5-12-29-21(14-32-19-10-6-8-16(2)13-19)27-28-24(29)33-15-22(30)26-23(31)25-20-11-7-9-17(3)18(20)4/h5-11,13H,1,12,14-15H2,2-4H3,(H2,25,26,30,31). The second kappa shape index (κ2) is 11.3. The summed E-state index contributed by atoms with van der Waals surface area (Å²) in [6, 6.07) is 12.8. The first-order valence-corrected chi connectivity index (χ1v) is 11.4. The van der Waals surface area contributed by atoms with Crippen molar-refractivity contribution in [1.82, 2.24) is 20.1 Å². The van der Waals surface area contributed by atoms with Crippen molar-refractivity contribution < 1.29 is 14.3 Å². The van der Waals surface area contributed by atoms with Crippen molar-refractivity contribution in [2.24, 2.45) is 0 Å². The van der Waals surface area contributed by atoms with Crippen molar-refractivity contribution in [3.05, 3.63) is 77.6 Å². The van der Waals surface area contributed by atoms with Gasteiger partial charge in [0.05, 0.1) is 5.75 Å². The first kappa shape index (κ1) is 24.1. The number of benzene rings is 2. The Kier molecular flexibility index (Phi) is 8.26. The third-order valence-electron chi connectivity index (χ3n) is 4.90. The molecule has 172 valence electrons. The third-order valence-corrected chi connectivity index (χ3v) is 5.87. The number of thioether (sulfide) groups is 1. The molecule has 3 amide bonds. The van der Waals surface area contributed by atoms with E-state index >= 15 is 0 Å². The monoisotopic (exact) mass is 465 g/mol. The van der Waals surface area contributed by atoms with Gasteiger partial charge in [0.25, 0.3) is 0 Å². The van der Waals surface area contributed by atoms with E-state index in [4.69, 9.17) is 4.74 Å². The van der Waals surface area contributed by atoms with Crippen LogP contribution < -0.4 is 15.4 Å². The van der Waals surface area contributed by atoms with Gasteiger partial charge in [-0.3, -0.25) is 14.7 Å². The molecule has 0 spiro atoms. The summed E-state index contributed by atoms with van der Waals surface area (Å²) in [5.41, 5.74) is 3.77. The summed E-state index contributed by atoms with van der Waals surface area (Å²) < 4.78 is 7.66. The highest BCUT2D eigenvalue weighted by Crippen LogP contribution is 2.20. The number of hydrogen-bond acceptors (Lipinski definition) is 6. The van der Waals surface area contributed by atoms with Crippen LogP contribution >= 0.6 is 11.8 Å². The first-order chi connectivity index (χ1) is 15.9. The normalized spacial score (nSPS) is 10.5. The Balaban J connectivity index is 1.56. The van der Waals surface area contributed by atoms with Crippen LogP contribution in [0, 0.1) is 20.8 Å².